The van der Waals surface area contributed by atoms with E-state index in [9.17, 15) is 0 Å². The Morgan fingerprint density at radius 2 is 1.90 bits per heavy atom. The Bertz CT molecular complexity index is 1170. The molecule has 0 bridgehead atoms. The summed E-state index contributed by atoms with van der Waals surface area (Å²) < 4.78 is 6.44. The van der Waals surface area contributed by atoms with Crippen molar-refractivity contribution >= 4 is 33.5 Å². The van der Waals surface area contributed by atoms with E-state index in [1.54, 1.807) is 7.11 Å². The van der Waals surface area contributed by atoms with Gasteiger partial charge >= 0.3 is 0 Å². The molecule has 0 amide bonds. The Labute approximate surface area is 192 Å². The number of halogens is 1. The summed E-state index contributed by atoms with van der Waals surface area (Å²) >= 11 is 3.51. The lowest BCUT2D eigenvalue weighted by molar-refractivity contribution is 0.414. The van der Waals surface area contributed by atoms with Gasteiger partial charge in [0.1, 0.15) is 5.75 Å². The highest BCUT2D eigenvalue weighted by Crippen LogP contribution is 2.50. The molecule has 0 radical (unpaired) electrons. The van der Waals surface area contributed by atoms with Gasteiger partial charge in [-0.3, -0.25) is 4.99 Å². The summed E-state index contributed by atoms with van der Waals surface area (Å²) in [5, 5.41) is 3.81. The van der Waals surface area contributed by atoms with Crippen LogP contribution in [0.2, 0.25) is 0 Å². The minimum absolute atomic E-state index is 0.304. The molecule has 2 aliphatic rings. The molecule has 0 aromatic heterocycles. The van der Waals surface area contributed by atoms with E-state index in [0.29, 0.717) is 17.9 Å². The Kier molecular flexibility index (Phi) is 5.41. The van der Waals surface area contributed by atoms with Gasteiger partial charge < -0.3 is 10.1 Å². The number of fused-ring (bicyclic) bond motifs is 3. The molecule has 3 atom stereocenters. The van der Waals surface area contributed by atoms with Crippen molar-refractivity contribution < 1.29 is 4.74 Å². The van der Waals surface area contributed by atoms with Crippen molar-refractivity contribution in [3.8, 4) is 5.75 Å². The number of rotatable bonds is 4. The molecule has 1 heterocycles. The molecule has 3 nitrogen and oxygen atoms in total. The fraction of sp³-hybridized carbons (Fsp3) is 0.222. The molecule has 3 aromatic carbocycles. The van der Waals surface area contributed by atoms with Crippen LogP contribution in [0.5, 0.6) is 5.75 Å². The number of methoxy groups -OCH3 is 1. The van der Waals surface area contributed by atoms with Crippen LogP contribution >= 0.6 is 15.9 Å². The molecule has 4 heteroatoms. The van der Waals surface area contributed by atoms with Crippen molar-refractivity contribution in [1.82, 2.24) is 0 Å². The molecule has 0 fully saturated rings. The maximum Gasteiger partial charge on any atom is 0.127 e. The highest BCUT2D eigenvalue weighted by molar-refractivity contribution is 9.10. The number of nitrogens with one attached hydrogen (secondary N) is 1. The van der Waals surface area contributed by atoms with Crippen molar-refractivity contribution in [2.75, 3.05) is 12.4 Å². The summed E-state index contributed by atoms with van der Waals surface area (Å²) in [7, 11) is 1.68. The first kappa shape index (κ1) is 20.1. The topological polar surface area (TPSA) is 33.6 Å². The van der Waals surface area contributed by atoms with Crippen LogP contribution in [0.4, 0.5) is 11.4 Å². The van der Waals surface area contributed by atoms with E-state index in [2.05, 4.69) is 87.8 Å². The molecule has 0 saturated carbocycles. The Morgan fingerprint density at radius 1 is 1.06 bits per heavy atom. The maximum atomic E-state index is 5.44. The molecule has 31 heavy (non-hydrogen) atoms. The number of hydrogen-bond acceptors (Lipinski definition) is 3. The smallest absolute Gasteiger partial charge is 0.127 e. The van der Waals surface area contributed by atoms with Crippen LogP contribution in [0.1, 0.15) is 40.6 Å². The van der Waals surface area contributed by atoms with Crippen LogP contribution < -0.4 is 10.1 Å². The first-order valence-corrected chi connectivity index (χ1v) is 11.4. The second-order valence-electron chi connectivity index (χ2n) is 8.30. The number of aryl methyl sites for hydroxylation is 1. The van der Waals surface area contributed by atoms with Gasteiger partial charge in [0, 0.05) is 27.9 Å². The fourth-order valence-corrected chi connectivity index (χ4v) is 5.14. The molecule has 1 N–H and O–H groups in total. The molecule has 3 aromatic rings. The lowest BCUT2D eigenvalue weighted by Crippen LogP contribution is -2.29. The zero-order valence-electron chi connectivity index (χ0n) is 17.7. The molecule has 1 aliphatic carbocycles. The van der Waals surface area contributed by atoms with Gasteiger partial charge in [-0.1, -0.05) is 57.9 Å². The standard InChI is InChI=1S/C27H25BrN2O/c1-17-6-12-25-24(14-17)22-4-3-5-23(22)27(30-25)18-7-10-21(11-8-18)29-16-19-15-20(28)9-13-26(19)31-2/h3-4,6-16,22-23,27,30H,5H2,1-2H3/t22-,23-,27+/m1/s1. The van der Waals surface area contributed by atoms with Crippen LogP contribution in [-0.2, 0) is 0 Å². The molecule has 5 rings (SSSR count). The minimum Gasteiger partial charge on any atom is -0.496 e. The number of ether oxygens (including phenoxy) is 1. The quantitative estimate of drug-likeness (QED) is 0.318. The van der Waals surface area contributed by atoms with Gasteiger partial charge in [-0.25, -0.2) is 0 Å². The van der Waals surface area contributed by atoms with Crippen molar-refractivity contribution in [3.63, 3.8) is 0 Å². The summed E-state index contributed by atoms with van der Waals surface area (Å²) in [5.74, 6) is 1.85. The molecule has 1 aliphatic heterocycles. The summed E-state index contributed by atoms with van der Waals surface area (Å²) in [6.07, 6.45) is 7.69. The van der Waals surface area contributed by atoms with Crippen molar-refractivity contribution in [2.24, 2.45) is 10.9 Å². The van der Waals surface area contributed by atoms with Crippen LogP contribution in [0.15, 0.2) is 82.3 Å². The first-order chi connectivity index (χ1) is 15.1. The zero-order chi connectivity index (χ0) is 21.4. The van der Waals surface area contributed by atoms with E-state index in [1.807, 2.05) is 24.4 Å². The lowest BCUT2D eigenvalue weighted by atomic mass is 9.76. The van der Waals surface area contributed by atoms with Crippen molar-refractivity contribution in [1.29, 1.82) is 0 Å². The Balaban J connectivity index is 1.39. The second kappa shape index (κ2) is 8.35. The first-order valence-electron chi connectivity index (χ1n) is 10.6. The maximum absolute atomic E-state index is 5.44. The van der Waals surface area contributed by atoms with E-state index in [-0.39, 0.29) is 0 Å². The average molecular weight is 473 g/mol. The molecular formula is C27H25BrN2O. The Hall–Kier alpha value is -2.85. The van der Waals surface area contributed by atoms with Crippen molar-refractivity contribution in [3.05, 3.63) is 99.5 Å². The number of anilines is 1. The highest BCUT2D eigenvalue weighted by atomic mass is 79.9. The number of allylic oxidation sites excluding steroid dienone is 2. The van der Waals surface area contributed by atoms with Gasteiger partial charge in [0.25, 0.3) is 0 Å². The van der Waals surface area contributed by atoms with Gasteiger partial charge in [0.05, 0.1) is 18.8 Å². The van der Waals surface area contributed by atoms with Crippen LogP contribution in [-0.4, -0.2) is 13.3 Å². The average Bonchev–Trinajstić information content (AvgIpc) is 3.28. The van der Waals surface area contributed by atoms with Gasteiger partial charge in [0.2, 0.25) is 0 Å². The summed E-state index contributed by atoms with van der Waals surface area (Å²) in [6.45, 7) is 2.17. The second-order valence-corrected chi connectivity index (χ2v) is 9.22. The summed E-state index contributed by atoms with van der Waals surface area (Å²) in [6, 6.07) is 21.6. The molecule has 0 unspecified atom stereocenters. The van der Waals surface area contributed by atoms with Gasteiger partial charge in [-0.15, -0.1) is 0 Å². The van der Waals surface area contributed by atoms with Crippen LogP contribution in [0.3, 0.4) is 0 Å². The van der Waals surface area contributed by atoms with E-state index < -0.39 is 0 Å². The number of benzene rings is 3. The number of nitrogens with zero attached hydrogens (tertiary/aromatic N) is 1. The normalized spacial score (nSPS) is 21.6. The van der Waals surface area contributed by atoms with E-state index in [1.165, 1.54) is 22.4 Å². The lowest BCUT2D eigenvalue weighted by Gasteiger charge is -2.37. The Morgan fingerprint density at radius 3 is 2.71 bits per heavy atom. The SMILES string of the molecule is COc1ccc(Br)cc1C=Nc1ccc([C@@H]2Nc3ccc(C)cc3[C@@H]3C=CC[C@H]32)cc1. The largest absolute Gasteiger partial charge is 0.496 e. The molecular weight excluding hydrogens is 448 g/mol. The third-order valence-electron chi connectivity index (χ3n) is 6.31. The molecule has 0 spiro atoms. The van der Waals surface area contributed by atoms with Crippen LogP contribution in [0.25, 0.3) is 0 Å². The third-order valence-corrected chi connectivity index (χ3v) is 6.81. The van der Waals surface area contributed by atoms with E-state index in [4.69, 9.17) is 4.74 Å². The predicted octanol–water partition coefficient (Wildman–Crippen LogP) is 7.34. The number of hydrogen-bond donors (Lipinski definition) is 1. The molecule has 156 valence electrons. The summed E-state index contributed by atoms with van der Waals surface area (Å²) in [5.41, 5.74) is 7.19. The van der Waals surface area contributed by atoms with Crippen LogP contribution in [0, 0.1) is 12.8 Å². The van der Waals surface area contributed by atoms with Gasteiger partial charge in [-0.2, -0.15) is 0 Å². The third kappa shape index (κ3) is 3.92. The van der Waals surface area contributed by atoms with E-state index >= 15 is 0 Å². The minimum atomic E-state index is 0.304. The van der Waals surface area contributed by atoms with Gasteiger partial charge in [-0.05, 0) is 66.8 Å². The van der Waals surface area contributed by atoms with Crippen molar-refractivity contribution in [2.45, 2.75) is 25.3 Å². The zero-order valence-corrected chi connectivity index (χ0v) is 19.3. The fourth-order valence-electron chi connectivity index (χ4n) is 4.76. The van der Waals surface area contributed by atoms with Gasteiger partial charge in [0.15, 0.2) is 0 Å². The molecule has 0 saturated heterocycles. The monoisotopic (exact) mass is 472 g/mol. The number of aliphatic imine (C=N–C) groups is 1. The summed E-state index contributed by atoms with van der Waals surface area (Å²) in [4.78, 5) is 4.67. The predicted molar refractivity (Wildman–Crippen MR) is 132 cm³/mol. The van der Waals surface area contributed by atoms with E-state index in [0.717, 1.165) is 27.9 Å². The highest BCUT2D eigenvalue weighted by Gasteiger charge is 2.37.